The molecule has 0 spiro atoms. The number of hydrogen-bond donors (Lipinski definition) is 1. The summed E-state index contributed by atoms with van der Waals surface area (Å²) in [6.45, 7) is 6.18. The van der Waals surface area contributed by atoms with E-state index in [1.54, 1.807) is 13.4 Å². The van der Waals surface area contributed by atoms with Crippen LogP contribution in [0.4, 0.5) is 0 Å². The van der Waals surface area contributed by atoms with Gasteiger partial charge in [0.2, 0.25) is 0 Å². The van der Waals surface area contributed by atoms with Gasteiger partial charge in [-0.1, -0.05) is 60.1 Å². The van der Waals surface area contributed by atoms with Gasteiger partial charge in [0.05, 0.1) is 12.0 Å². The van der Waals surface area contributed by atoms with Crippen LogP contribution in [-0.2, 0) is 6.54 Å². The molecule has 5 nitrogen and oxygen atoms in total. The Hall–Kier alpha value is -2.92. The van der Waals surface area contributed by atoms with Crippen molar-refractivity contribution in [2.24, 2.45) is 10.1 Å². The first kappa shape index (κ1) is 17.9. The smallest absolute Gasteiger partial charge is 0.149 e. The van der Waals surface area contributed by atoms with Crippen molar-refractivity contribution in [2.75, 3.05) is 7.05 Å². The van der Waals surface area contributed by atoms with Crippen LogP contribution >= 0.6 is 11.6 Å². The zero-order valence-corrected chi connectivity index (χ0v) is 15.5. The van der Waals surface area contributed by atoms with Crippen LogP contribution in [-0.4, -0.2) is 29.2 Å². The van der Waals surface area contributed by atoms with Crippen LogP contribution in [0, 0.1) is 6.92 Å². The molecule has 0 saturated carbocycles. The van der Waals surface area contributed by atoms with Gasteiger partial charge >= 0.3 is 0 Å². The lowest BCUT2D eigenvalue weighted by atomic mass is 9.98. The van der Waals surface area contributed by atoms with Crippen LogP contribution in [0.5, 0.6) is 0 Å². The Morgan fingerprint density at radius 1 is 1.19 bits per heavy atom. The monoisotopic (exact) mass is 365 g/mol. The highest BCUT2D eigenvalue weighted by atomic mass is 35.5. The van der Waals surface area contributed by atoms with Crippen LogP contribution in [0.2, 0.25) is 5.15 Å². The number of hydrogen-bond acceptors (Lipinski definition) is 3. The third kappa shape index (κ3) is 3.68. The van der Waals surface area contributed by atoms with Crippen molar-refractivity contribution < 1.29 is 0 Å². The van der Waals surface area contributed by atoms with E-state index >= 15 is 0 Å². The van der Waals surface area contributed by atoms with Crippen molar-refractivity contribution in [1.29, 1.82) is 0 Å². The lowest BCUT2D eigenvalue weighted by molar-refractivity contribution is 0.770. The zero-order valence-electron chi connectivity index (χ0n) is 14.8. The van der Waals surface area contributed by atoms with Crippen molar-refractivity contribution in [3.05, 3.63) is 76.8 Å². The summed E-state index contributed by atoms with van der Waals surface area (Å²) in [5.41, 5.74) is 8.17. The molecule has 0 bridgehead atoms. The number of aliphatic imine (C=N–C) groups is 1. The van der Waals surface area contributed by atoms with Gasteiger partial charge in [0, 0.05) is 25.9 Å². The zero-order chi connectivity index (χ0) is 18.5. The molecule has 0 atom stereocenters. The minimum absolute atomic E-state index is 0.547. The standard InChI is InChI=1S/C20H20ClN5/c1-14-19(21)24-13-26(14)12-15-8-10-16(11-9-15)17-6-4-5-7-18(17)20(22-2)25-23-3/h4-11,13H,3,12H2,1-2H3,(H,22,25). The van der Waals surface area contributed by atoms with E-state index in [1.807, 2.05) is 29.7 Å². The second-order valence-corrected chi connectivity index (χ2v) is 6.19. The summed E-state index contributed by atoms with van der Waals surface area (Å²) in [5.74, 6) is 0.684. The summed E-state index contributed by atoms with van der Waals surface area (Å²) in [7, 11) is 1.73. The lowest BCUT2D eigenvalue weighted by Crippen LogP contribution is -2.19. The summed E-state index contributed by atoms with van der Waals surface area (Å²) >= 11 is 6.03. The molecule has 0 aliphatic rings. The molecule has 1 heterocycles. The highest BCUT2D eigenvalue weighted by Gasteiger charge is 2.10. The third-order valence-electron chi connectivity index (χ3n) is 4.25. The van der Waals surface area contributed by atoms with E-state index in [0.717, 1.165) is 28.9 Å². The molecule has 2 aromatic carbocycles. The minimum Gasteiger partial charge on any atom is -0.329 e. The number of aromatic nitrogens is 2. The van der Waals surface area contributed by atoms with E-state index in [1.165, 1.54) is 5.56 Å². The Kier molecular flexibility index (Phi) is 5.49. The van der Waals surface area contributed by atoms with Crippen LogP contribution in [0.3, 0.4) is 0 Å². The van der Waals surface area contributed by atoms with E-state index in [2.05, 4.69) is 57.6 Å². The molecule has 3 aromatic rings. The Balaban J connectivity index is 1.90. The number of halogens is 1. The lowest BCUT2D eigenvalue weighted by Gasteiger charge is -2.12. The predicted molar refractivity (Wildman–Crippen MR) is 108 cm³/mol. The number of nitrogens with zero attached hydrogens (tertiary/aromatic N) is 4. The van der Waals surface area contributed by atoms with Crippen molar-refractivity contribution in [3.63, 3.8) is 0 Å². The van der Waals surface area contributed by atoms with Gasteiger partial charge in [-0.05, 0) is 23.6 Å². The maximum absolute atomic E-state index is 6.03. The molecular weight excluding hydrogens is 346 g/mol. The minimum atomic E-state index is 0.547. The Labute approximate surface area is 158 Å². The first-order valence-electron chi connectivity index (χ1n) is 8.18. The van der Waals surface area contributed by atoms with Gasteiger partial charge in [-0.2, -0.15) is 5.10 Å². The fourth-order valence-electron chi connectivity index (χ4n) is 2.81. The molecule has 0 amide bonds. The Morgan fingerprint density at radius 2 is 1.92 bits per heavy atom. The van der Waals surface area contributed by atoms with Crippen LogP contribution in [0.25, 0.3) is 11.1 Å². The number of hydrazone groups is 1. The number of amidine groups is 1. The average molecular weight is 366 g/mol. The number of nitrogens with one attached hydrogen (secondary N) is 1. The molecule has 6 heteroatoms. The second kappa shape index (κ2) is 7.97. The third-order valence-corrected chi connectivity index (χ3v) is 4.62. The molecule has 1 N–H and O–H groups in total. The molecule has 0 radical (unpaired) electrons. The van der Waals surface area contributed by atoms with Crippen molar-refractivity contribution in [1.82, 2.24) is 15.0 Å². The van der Waals surface area contributed by atoms with Gasteiger partial charge in [-0.25, -0.2) is 4.98 Å². The summed E-state index contributed by atoms with van der Waals surface area (Å²) in [6.07, 6.45) is 1.76. The van der Waals surface area contributed by atoms with Crippen LogP contribution < -0.4 is 5.43 Å². The molecule has 0 aliphatic heterocycles. The van der Waals surface area contributed by atoms with E-state index in [4.69, 9.17) is 11.6 Å². The van der Waals surface area contributed by atoms with E-state index < -0.39 is 0 Å². The average Bonchev–Trinajstić information content (AvgIpc) is 2.99. The fourth-order valence-corrected chi connectivity index (χ4v) is 2.96. The van der Waals surface area contributed by atoms with Crippen molar-refractivity contribution in [3.8, 4) is 11.1 Å². The van der Waals surface area contributed by atoms with E-state index in [9.17, 15) is 0 Å². The Bertz CT molecular complexity index is 941. The molecule has 26 heavy (non-hydrogen) atoms. The first-order valence-corrected chi connectivity index (χ1v) is 8.56. The number of benzene rings is 2. The summed E-state index contributed by atoms with van der Waals surface area (Å²) < 4.78 is 2.03. The van der Waals surface area contributed by atoms with Crippen molar-refractivity contribution in [2.45, 2.75) is 13.5 Å². The largest absolute Gasteiger partial charge is 0.329 e. The summed E-state index contributed by atoms with van der Waals surface area (Å²) in [6, 6.07) is 16.5. The van der Waals surface area contributed by atoms with Crippen LogP contribution in [0.15, 0.2) is 65.0 Å². The van der Waals surface area contributed by atoms with Gasteiger partial charge < -0.3 is 4.57 Å². The highest BCUT2D eigenvalue weighted by molar-refractivity contribution is 6.30. The predicted octanol–water partition coefficient (Wildman–Crippen LogP) is 4.14. The molecule has 0 unspecified atom stereocenters. The second-order valence-electron chi connectivity index (χ2n) is 5.83. The molecule has 3 rings (SSSR count). The summed E-state index contributed by atoms with van der Waals surface area (Å²) in [4.78, 5) is 8.40. The van der Waals surface area contributed by atoms with Gasteiger partial charge in [0.1, 0.15) is 11.0 Å². The van der Waals surface area contributed by atoms with Gasteiger partial charge in [0.25, 0.3) is 0 Å². The first-order chi connectivity index (χ1) is 12.6. The van der Waals surface area contributed by atoms with E-state index in [-0.39, 0.29) is 0 Å². The maximum atomic E-state index is 6.03. The molecule has 132 valence electrons. The molecule has 0 fully saturated rings. The highest BCUT2D eigenvalue weighted by Crippen LogP contribution is 2.25. The summed E-state index contributed by atoms with van der Waals surface area (Å²) in [5, 5.41) is 4.29. The normalized spacial score (nSPS) is 11.4. The van der Waals surface area contributed by atoms with Gasteiger partial charge in [-0.15, -0.1) is 0 Å². The SMILES string of the molecule is C=NNC(=NC)c1ccccc1-c1ccc(Cn2cnc(Cl)c2C)cc1. The number of imidazole rings is 1. The Morgan fingerprint density at radius 3 is 2.54 bits per heavy atom. The van der Waals surface area contributed by atoms with Gasteiger partial charge in [-0.3, -0.25) is 10.4 Å². The van der Waals surface area contributed by atoms with Crippen molar-refractivity contribution >= 4 is 24.2 Å². The fraction of sp³-hybridized carbons (Fsp3) is 0.150. The molecule has 0 saturated heterocycles. The molecular formula is C20H20ClN5. The van der Waals surface area contributed by atoms with E-state index in [0.29, 0.717) is 11.0 Å². The number of rotatable bonds is 5. The van der Waals surface area contributed by atoms with Crippen LogP contribution in [0.1, 0.15) is 16.8 Å². The maximum Gasteiger partial charge on any atom is 0.149 e. The van der Waals surface area contributed by atoms with Gasteiger partial charge in [0.15, 0.2) is 0 Å². The quantitative estimate of drug-likeness (QED) is 0.419. The molecule has 1 aromatic heterocycles. The molecule has 0 aliphatic carbocycles. The topological polar surface area (TPSA) is 54.6 Å².